The molecule has 3 heterocycles. The van der Waals surface area contributed by atoms with Gasteiger partial charge in [-0.25, -0.2) is 9.97 Å². The SMILES string of the molecule is CN=C(/C=C(\C)CC(F)(F)F)N(C)C(=O)c1ccc(-c2nc(C)n3c(C(=O)NC4CCN(C)CC4)cnc(N)c23)cc1. The van der Waals surface area contributed by atoms with Crippen LogP contribution in [0.25, 0.3) is 16.8 Å². The molecule has 3 N–H and O–H groups in total. The maximum atomic E-state index is 13.3. The highest BCUT2D eigenvalue weighted by Gasteiger charge is 2.28. The van der Waals surface area contributed by atoms with E-state index in [4.69, 9.17) is 5.73 Å². The molecule has 0 bridgehead atoms. The van der Waals surface area contributed by atoms with Gasteiger partial charge < -0.3 is 16.0 Å². The summed E-state index contributed by atoms with van der Waals surface area (Å²) >= 11 is 0. The Morgan fingerprint density at radius 1 is 1.21 bits per heavy atom. The molecular formula is C29H35F3N8O2. The number of aromatic nitrogens is 3. The Morgan fingerprint density at radius 2 is 1.86 bits per heavy atom. The van der Waals surface area contributed by atoms with E-state index in [2.05, 4.69) is 32.2 Å². The average molecular weight is 585 g/mol. The standard InChI is InChI=1S/C29H35F3N8O2/c1-17(15-29(30,31)32)14-23(34-3)39(5)28(42)20-8-6-19(7-9-20)24-25-26(33)35-16-22(40(25)18(2)36-24)27(41)37-21-10-12-38(4)13-11-21/h6-9,14,16,21H,10-13,15H2,1-5H3,(H2,33,35)(H,37,41)/b17-14+,34-23?. The number of anilines is 1. The summed E-state index contributed by atoms with van der Waals surface area (Å²) in [6, 6.07) is 6.64. The second-order valence-electron chi connectivity index (χ2n) is 10.6. The molecule has 0 unspecified atom stereocenters. The maximum Gasteiger partial charge on any atom is 0.392 e. The molecule has 0 spiro atoms. The van der Waals surface area contributed by atoms with Crippen LogP contribution in [-0.2, 0) is 0 Å². The van der Waals surface area contributed by atoms with Crippen LogP contribution in [0.15, 0.2) is 47.1 Å². The summed E-state index contributed by atoms with van der Waals surface area (Å²) in [4.78, 5) is 42.7. The van der Waals surface area contributed by atoms with E-state index >= 15 is 0 Å². The summed E-state index contributed by atoms with van der Waals surface area (Å²) in [6.45, 7) is 4.93. The molecule has 0 saturated carbocycles. The largest absolute Gasteiger partial charge is 0.392 e. The Kier molecular flexibility index (Phi) is 9.00. The van der Waals surface area contributed by atoms with E-state index < -0.39 is 18.5 Å². The number of nitrogens with two attached hydrogens (primary N) is 1. The Hall–Kier alpha value is -4.26. The van der Waals surface area contributed by atoms with Gasteiger partial charge in [0.2, 0.25) is 0 Å². The van der Waals surface area contributed by atoms with Gasteiger partial charge in [0, 0.05) is 31.3 Å². The smallest absolute Gasteiger partial charge is 0.382 e. The molecule has 1 aliphatic heterocycles. The molecule has 2 amide bonds. The van der Waals surface area contributed by atoms with Crippen LogP contribution in [0.5, 0.6) is 0 Å². The number of halogens is 3. The minimum absolute atomic E-state index is 0.0331. The number of rotatable bonds is 6. The number of amides is 2. The first-order chi connectivity index (χ1) is 19.8. The van der Waals surface area contributed by atoms with Gasteiger partial charge >= 0.3 is 6.18 Å². The van der Waals surface area contributed by atoms with Gasteiger partial charge in [-0.15, -0.1) is 0 Å². The first-order valence-corrected chi connectivity index (χ1v) is 13.5. The molecule has 0 aliphatic carbocycles. The highest BCUT2D eigenvalue weighted by Crippen LogP contribution is 2.30. The number of aryl methyl sites for hydroxylation is 1. The summed E-state index contributed by atoms with van der Waals surface area (Å²) in [5.41, 5.74) is 8.54. The number of fused-ring (bicyclic) bond motifs is 1. The molecule has 1 aromatic carbocycles. The fraction of sp³-hybridized carbons (Fsp3) is 0.414. The molecule has 0 atom stereocenters. The lowest BCUT2D eigenvalue weighted by Gasteiger charge is -2.29. The highest BCUT2D eigenvalue weighted by molar-refractivity contribution is 6.10. The van der Waals surface area contributed by atoms with Crippen LogP contribution in [0, 0.1) is 6.92 Å². The monoisotopic (exact) mass is 584 g/mol. The lowest BCUT2D eigenvalue weighted by Crippen LogP contribution is -2.43. The van der Waals surface area contributed by atoms with E-state index in [1.54, 1.807) is 35.6 Å². The molecule has 10 nitrogen and oxygen atoms in total. The normalized spacial score (nSPS) is 15.7. The second-order valence-corrected chi connectivity index (χ2v) is 10.6. The van der Waals surface area contributed by atoms with Crippen LogP contribution in [0.4, 0.5) is 19.0 Å². The van der Waals surface area contributed by atoms with Crippen molar-refractivity contribution < 1.29 is 22.8 Å². The minimum atomic E-state index is -4.36. The number of hydrogen-bond donors (Lipinski definition) is 2. The van der Waals surface area contributed by atoms with Crippen molar-refractivity contribution in [3.05, 3.63) is 59.2 Å². The number of imidazole rings is 1. The van der Waals surface area contributed by atoms with Crippen molar-refractivity contribution in [3.63, 3.8) is 0 Å². The Balaban J connectivity index is 1.59. The van der Waals surface area contributed by atoms with Crippen molar-refractivity contribution in [2.24, 2.45) is 4.99 Å². The summed E-state index contributed by atoms with van der Waals surface area (Å²) in [6.07, 6.45) is -1.05. The molecule has 13 heteroatoms. The topological polar surface area (TPSA) is 121 Å². The van der Waals surface area contributed by atoms with Crippen molar-refractivity contribution in [2.75, 3.05) is 40.0 Å². The first-order valence-electron chi connectivity index (χ1n) is 13.5. The van der Waals surface area contributed by atoms with Crippen molar-refractivity contribution in [2.45, 2.75) is 45.3 Å². The number of piperidine rings is 1. The minimum Gasteiger partial charge on any atom is -0.382 e. The number of amidine groups is 1. The van der Waals surface area contributed by atoms with E-state index in [-0.39, 0.29) is 29.2 Å². The highest BCUT2D eigenvalue weighted by atomic mass is 19.4. The van der Waals surface area contributed by atoms with Crippen LogP contribution < -0.4 is 11.1 Å². The number of carbonyl (C=O) groups is 2. The number of nitrogens with one attached hydrogen (secondary N) is 1. The number of allylic oxidation sites excluding steroid dienone is 1. The van der Waals surface area contributed by atoms with Crippen molar-refractivity contribution >= 4 is 29.0 Å². The van der Waals surface area contributed by atoms with Crippen LogP contribution in [0.2, 0.25) is 0 Å². The third-order valence-corrected chi connectivity index (χ3v) is 7.28. The van der Waals surface area contributed by atoms with Crippen molar-refractivity contribution in [1.29, 1.82) is 0 Å². The zero-order valence-electron chi connectivity index (χ0n) is 24.3. The molecule has 2 aromatic heterocycles. The fourth-order valence-corrected chi connectivity index (χ4v) is 5.05. The second kappa shape index (κ2) is 12.3. The van der Waals surface area contributed by atoms with Gasteiger partial charge in [-0.2, -0.15) is 13.2 Å². The number of likely N-dealkylation sites (N-methyl/N-ethyl adjacent to an activating group) is 1. The van der Waals surface area contributed by atoms with Gasteiger partial charge in [0.25, 0.3) is 11.8 Å². The summed E-state index contributed by atoms with van der Waals surface area (Å²) in [5, 5.41) is 3.10. The number of nitrogen functional groups attached to an aromatic ring is 1. The number of nitrogens with zero attached hydrogens (tertiary/aromatic N) is 6. The lowest BCUT2D eigenvalue weighted by molar-refractivity contribution is -0.126. The number of aliphatic imine (C=N–C) groups is 1. The van der Waals surface area contributed by atoms with Crippen LogP contribution in [0.1, 0.15) is 52.9 Å². The third-order valence-electron chi connectivity index (χ3n) is 7.28. The number of alkyl halides is 3. The zero-order valence-corrected chi connectivity index (χ0v) is 24.3. The number of hydrogen-bond acceptors (Lipinski definition) is 7. The first kappa shape index (κ1) is 30.7. The van der Waals surface area contributed by atoms with Crippen molar-refractivity contribution in [3.8, 4) is 11.3 Å². The Morgan fingerprint density at radius 3 is 2.45 bits per heavy atom. The van der Waals surface area contributed by atoms with Gasteiger partial charge in [-0.3, -0.25) is 23.9 Å². The van der Waals surface area contributed by atoms with E-state index in [1.165, 1.54) is 38.2 Å². The number of benzene rings is 1. The van der Waals surface area contributed by atoms with Gasteiger partial charge in [0.05, 0.1) is 12.6 Å². The van der Waals surface area contributed by atoms with Crippen LogP contribution >= 0.6 is 0 Å². The van der Waals surface area contributed by atoms with Gasteiger partial charge in [0.1, 0.15) is 34.4 Å². The third kappa shape index (κ3) is 6.78. The van der Waals surface area contributed by atoms with E-state index in [0.29, 0.717) is 33.9 Å². The molecule has 1 fully saturated rings. The van der Waals surface area contributed by atoms with Crippen LogP contribution in [0.3, 0.4) is 0 Å². The predicted octanol–water partition coefficient (Wildman–Crippen LogP) is 4.11. The molecular weight excluding hydrogens is 549 g/mol. The van der Waals surface area contributed by atoms with Gasteiger partial charge in [-0.1, -0.05) is 17.7 Å². The summed E-state index contributed by atoms with van der Waals surface area (Å²) < 4.78 is 40.0. The summed E-state index contributed by atoms with van der Waals surface area (Å²) in [7, 11) is 4.92. The predicted molar refractivity (Wildman–Crippen MR) is 155 cm³/mol. The van der Waals surface area contributed by atoms with E-state index in [1.807, 2.05) is 0 Å². The quantitative estimate of drug-likeness (QED) is 0.332. The average Bonchev–Trinajstić information content (AvgIpc) is 3.29. The Labute approximate surface area is 242 Å². The lowest BCUT2D eigenvalue weighted by atomic mass is 10.1. The van der Waals surface area contributed by atoms with Gasteiger partial charge in [0.15, 0.2) is 0 Å². The van der Waals surface area contributed by atoms with Crippen molar-refractivity contribution in [1.82, 2.24) is 29.5 Å². The fourth-order valence-electron chi connectivity index (χ4n) is 5.05. The molecule has 224 valence electrons. The molecule has 3 aromatic rings. The molecule has 42 heavy (non-hydrogen) atoms. The zero-order chi connectivity index (χ0) is 30.8. The molecule has 4 rings (SSSR count). The Bertz CT molecular complexity index is 1530. The molecule has 1 saturated heterocycles. The number of likely N-dealkylation sites (tertiary alicyclic amines) is 1. The maximum absolute atomic E-state index is 13.3. The molecule has 1 aliphatic rings. The van der Waals surface area contributed by atoms with Crippen LogP contribution in [-0.4, -0.2) is 88.3 Å². The summed E-state index contributed by atoms with van der Waals surface area (Å²) in [5.74, 6) is 0.147. The molecule has 0 radical (unpaired) electrons. The number of carbonyl (C=O) groups excluding carboxylic acids is 2. The van der Waals surface area contributed by atoms with E-state index in [9.17, 15) is 22.8 Å². The van der Waals surface area contributed by atoms with E-state index in [0.717, 1.165) is 25.9 Å². The van der Waals surface area contributed by atoms with Gasteiger partial charge in [-0.05, 0) is 65.0 Å².